The van der Waals surface area contributed by atoms with E-state index in [1.54, 1.807) is 23.0 Å². The van der Waals surface area contributed by atoms with Crippen molar-refractivity contribution in [2.45, 2.75) is 11.8 Å². The lowest BCUT2D eigenvalue weighted by Crippen LogP contribution is -2.11. The van der Waals surface area contributed by atoms with Crippen LogP contribution in [0.5, 0.6) is 5.75 Å². The highest BCUT2D eigenvalue weighted by molar-refractivity contribution is 7.89. The van der Waals surface area contributed by atoms with Gasteiger partial charge in [-0.05, 0) is 49.4 Å². The monoisotopic (exact) mass is 381 g/mol. The first kappa shape index (κ1) is 18.7. The van der Waals surface area contributed by atoms with E-state index < -0.39 is 10.0 Å². The molecule has 1 aromatic heterocycles. The molecule has 0 spiro atoms. The molecule has 0 aliphatic carbocycles. The number of hydrogen-bond acceptors (Lipinski definition) is 4. The number of primary sulfonamides is 1. The normalized spacial score (nSPS) is 10.9. The van der Waals surface area contributed by atoms with Crippen LogP contribution in [0.25, 0.3) is 11.3 Å². The number of ether oxygens (including phenoxy) is 1. The molecule has 0 bridgehead atoms. The van der Waals surface area contributed by atoms with Gasteiger partial charge in [-0.1, -0.05) is 17.9 Å². The summed E-state index contributed by atoms with van der Waals surface area (Å²) in [5.74, 6) is 6.85. The fourth-order valence-corrected chi connectivity index (χ4v) is 3.20. The van der Waals surface area contributed by atoms with E-state index >= 15 is 0 Å². The predicted octanol–water partition coefficient (Wildman–Crippen LogP) is 2.53. The van der Waals surface area contributed by atoms with Gasteiger partial charge in [-0.3, -0.25) is 4.68 Å². The molecule has 27 heavy (non-hydrogen) atoms. The largest absolute Gasteiger partial charge is 0.494 e. The third-order valence-electron chi connectivity index (χ3n) is 3.88. The molecule has 0 saturated heterocycles. The molecule has 0 saturated carbocycles. The minimum Gasteiger partial charge on any atom is -0.494 e. The van der Waals surface area contributed by atoms with Gasteiger partial charge in [-0.2, -0.15) is 5.10 Å². The smallest absolute Gasteiger partial charge is 0.238 e. The Balaban J connectivity index is 1.96. The molecule has 3 aromatic rings. The van der Waals surface area contributed by atoms with Crippen molar-refractivity contribution in [3.05, 3.63) is 65.9 Å². The molecule has 3 rings (SSSR count). The van der Waals surface area contributed by atoms with Crippen LogP contribution in [0.15, 0.2) is 59.6 Å². The highest BCUT2D eigenvalue weighted by Gasteiger charge is 2.10. The Hall–Kier alpha value is -3.08. The van der Waals surface area contributed by atoms with Crippen molar-refractivity contribution in [2.24, 2.45) is 12.2 Å². The second-order valence-electron chi connectivity index (χ2n) is 5.81. The molecular weight excluding hydrogens is 362 g/mol. The zero-order chi connectivity index (χ0) is 19.4. The van der Waals surface area contributed by atoms with Gasteiger partial charge in [-0.25, -0.2) is 13.6 Å². The van der Waals surface area contributed by atoms with Crippen LogP contribution in [-0.4, -0.2) is 24.8 Å². The van der Waals surface area contributed by atoms with Crippen molar-refractivity contribution in [2.75, 3.05) is 6.61 Å². The summed E-state index contributed by atoms with van der Waals surface area (Å²) in [6.07, 6.45) is 1.68. The summed E-state index contributed by atoms with van der Waals surface area (Å²) in [6, 6.07) is 13.9. The van der Waals surface area contributed by atoms with Gasteiger partial charge in [0.15, 0.2) is 0 Å². The van der Waals surface area contributed by atoms with Crippen LogP contribution in [0.2, 0.25) is 0 Å². The number of hydrogen-bond donors (Lipinski definition) is 1. The number of benzene rings is 2. The molecule has 2 aromatic carbocycles. The molecule has 138 valence electrons. The van der Waals surface area contributed by atoms with Crippen molar-refractivity contribution in [3.8, 4) is 28.8 Å². The van der Waals surface area contributed by atoms with Crippen LogP contribution >= 0.6 is 0 Å². The van der Waals surface area contributed by atoms with Crippen LogP contribution in [0.3, 0.4) is 0 Å². The molecule has 0 aliphatic heterocycles. The number of sulfonamides is 1. The third kappa shape index (κ3) is 4.37. The minimum absolute atomic E-state index is 0.0345. The van der Waals surface area contributed by atoms with Crippen LogP contribution in [0, 0.1) is 11.8 Å². The van der Waals surface area contributed by atoms with Crippen LogP contribution in [-0.2, 0) is 17.1 Å². The van der Waals surface area contributed by atoms with Gasteiger partial charge in [-0.15, -0.1) is 0 Å². The lowest BCUT2D eigenvalue weighted by molar-refractivity contribution is 0.340. The third-order valence-corrected chi connectivity index (χ3v) is 4.79. The van der Waals surface area contributed by atoms with Gasteiger partial charge in [0.05, 0.1) is 29.0 Å². The lowest BCUT2D eigenvalue weighted by Gasteiger charge is -2.06. The summed E-state index contributed by atoms with van der Waals surface area (Å²) in [5, 5.41) is 9.46. The van der Waals surface area contributed by atoms with E-state index in [1.165, 1.54) is 12.1 Å². The molecule has 0 unspecified atom stereocenters. The summed E-state index contributed by atoms with van der Waals surface area (Å²) >= 11 is 0. The topological polar surface area (TPSA) is 87.2 Å². The Bertz CT molecular complexity index is 1120. The van der Waals surface area contributed by atoms with Gasteiger partial charge in [0, 0.05) is 18.2 Å². The standard InChI is InChI=1S/C20H19N3O3S/c1-3-26-18-11-9-16(10-12-18)20-17(14-22-23(20)2)8-7-15-5-4-6-19(13-15)27(21,24)25/h4-6,9-14H,3H2,1-2H3,(H2,21,24,25). The highest BCUT2D eigenvalue weighted by Crippen LogP contribution is 2.25. The maximum Gasteiger partial charge on any atom is 0.238 e. The summed E-state index contributed by atoms with van der Waals surface area (Å²) in [5.41, 5.74) is 3.12. The Labute approximate surface area is 158 Å². The number of aromatic nitrogens is 2. The first-order chi connectivity index (χ1) is 12.9. The molecular formula is C20H19N3O3S. The Morgan fingerprint density at radius 1 is 1.15 bits per heavy atom. The van der Waals surface area contributed by atoms with E-state index in [0.29, 0.717) is 12.2 Å². The number of nitrogens with zero attached hydrogens (tertiary/aromatic N) is 2. The van der Waals surface area contributed by atoms with Gasteiger partial charge in [0.1, 0.15) is 5.75 Å². The molecule has 1 heterocycles. The van der Waals surface area contributed by atoms with Crippen molar-refractivity contribution in [3.63, 3.8) is 0 Å². The summed E-state index contributed by atoms with van der Waals surface area (Å²) < 4.78 is 30.2. The molecule has 0 fully saturated rings. The van der Waals surface area contributed by atoms with Gasteiger partial charge in [0.25, 0.3) is 0 Å². The fourth-order valence-electron chi connectivity index (χ4n) is 2.64. The van der Waals surface area contributed by atoms with Crippen molar-refractivity contribution in [1.29, 1.82) is 0 Å². The Kier molecular flexibility index (Phi) is 5.31. The van der Waals surface area contributed by atoms with E-state index in [0.717, 1.165) is 22.6 Å². The van der Waals surface area contributed by atoms with E-state index in [2.05, 4.69) is 16.9 Å². The van der Waals surface area contributed by atoms with Gasteiger partial charge in [0.2, 0.25) is 10.0 Å². The van der Waals surface area contributed by atoms with Crippen molar-refractivity contribution < 1.29 is 13.2 Å². The highest BCUT2D eigenvalue weighted by atomic mass is 32.2. The van der Waals surface area contributed by atoms with Crippen molar-refractivity contribution >= 4 is 10.0 Å². The maximum absolute atomic E-state index is 11.5. The predicted molar refractivity (Wildman–Crippen MR) is 104 cm³/mol. The fraction of sp³-hybridized carbons (Fsp3) is 0.150. The van der Waals surface area contributed by atoms with Crippen LogP contribution < -0.4 is 9.88 Å². The minimum atomic E-state index is -3.76. The van der Waals surface area contributed by atoms with Crippen LogP contribution in [0.1, 0.15) is 18.1 Å². The second-order valence-corrected chi connectivity index (χ2v) is 7.37. The van der Waals surface area contributed by atoms with Gasteiger partial charge >= 0.3 is 0 Å². The maximum atomic E-state index is 11.5. The average molecular weight is 381 g/mol. The molecule has 7 heteroatoms. The second kappa shape index (κ2) is 7.66. The zero-order valence-corrected chi connectivity index (χ0v) is 15.8. The number of nitrogens with two attached hydrogens (primary N) is 1. The van der Waals surface area contributed by atoms with Crippen LogP contribution in [0.4, 0.5) is 0 Å². The SMILES string of the molecule is CCOc1ccc(-c2c(C#Cc3cccc(S(N)(=O)=O)c3)cnn2C)cc1. The molecule has 0 aliphatic rings. The van der Waals surface area contributed by atoms with Gasteiger partial charge < -0.3 is 4.74 Å². The quantitative estimate of drug-likeness (QED) is 0.704. The Morgan fingerprint density at radius 3 is 2.56 bits per heavy atom. The van der Waals surface area contributed by atoms with E-state index in [9.17, 15) is 8.42 Å². The summed E-state index contributed by atoms with van der Waals surface area (Å²) in [7, 11) is -1.91. The molecule has 0 amide bonds. The van der Waals surface area contributed by atoms with E-state index in [1.807, 2.05) is 38.2 Å². The van der Waals surface area contributed by atoms with Crippen molar-refractivity contribution in [1.82, 2.24) is 9.78 Å². The number of aryl methyl sites for hydroxylation is 1. The molecule has 0 radical (unpaired) electrons. The van der Waals surface area contributed by atoms with E-state index in [-0.39, 0.29) is 4.90 Å². The lowest BCUT2D eigenvalue weighted by atomic mass is 10.1. The first-order valence-electron chi connectivity index (χ1n) is 8.28. The van der Waals surface area contributed by atoms with E-state index in [4.69, 9.17) is 9.88 Å². The molecule has 6 nitrogen and oxygen atoms in total. The number of rotatable bonds is 4. The zero-order valence-electron chi connectivity index (χ0n) is 15.0. The average Bonchev–Trinajstić information content (AvgIpc) is 3.01. The summed E-state index contributed by atoms with van der Waals surface area (Å²) in [6.45, 7) is 2.55. The molecule has 2 N–H and O–H groups in total. The molecule has 0 atom stereocenters. The summed E-state index contributed by atoms with van der Waals surface area (Å²) in [4.78, 5) is 0.0345. The Morgan fingerprint density at radius 2 is 1.89 bits per heavy atom. The first-order valence-corrected chi connectivity index (χ1v) is 9.83.